The first kappa shape index (κ1) is 25.8. The fourth-order valence-corrected chi connectivity index (χ4v) is 2.02. The summed E-state index contributed by atoms with van der Waals surface area (Å²) < 4.78 is 21.9. The van der Waals surface area contributed by atoms with Gasteiger partial charge < -0.3 is 18.9 Å². The third-order valence-electron chi connectivity index (χ3n) is 3.40. The minimum atomic E-state index is 0.635. The van der Waals surface area contributed by atoms with Crippen molar-refractivity contribution in [2.24, 2.45) is 0 Å². The van der Waals surface area contributed by atoms with Gasteiger partial charge in [-0.15, -0.1) is 13.2 Å². The summed E-state index contributed by atoms with van der Waals surface area (Å²) in [5.74, 6) is 0. The highest BCUT2D eigenvalue weighted by atomic mass is 16.6. The van der Waals surface area contributed by atoms with E-state index >= 15 is 0 Å². The first-order valence-corrected chi connectivity index (χ1v) is 9.72. The lowest BCUT2D eigenvalue weighted by Crippen LogP contribution is -2.12. The van der Waals surface area contributed by atoms with Crippen molar-refractivity contribution in [3.05, 3.63) is 13.2 Å². The highest BCUT2D eigenvalue weighted by molar-refractivity contribution is 4.41. The summed E-state index contributed by atoms with van der Waals surface area (Å²) in [6, 6.07) is 0. The number of hydrogen-bond donors (Lipinski definition) is 0. The molecule has 4 heteroatoms. The van der Waals surface area contributed by atoms with Crippen LogP contribution in [-0.4, -0.2) is 52.9 Å². The van der Waals surface area contributed by atoms with Gasteiger partial charge in [0.1, 0.15) is 0 Å². The highest BCUT2D eigenvalue weighted by Crippen LogP contribution is 1.99. The summed E-state index contributed by atoms with van der Waals surface area (Å²) in [6.07, 6.45) is 10.0. The van der Waals surface area contributed by atoms with Crippen LogP contribution in [0, 0.1) is 0 Å². The van der Waals surface area contributed by atoms with E-state index in [-0.39, 0.29) is 0 Å². The molecule has 0 atom stereocenters. The second-order valence-corrected chi connectivity index (χ2v) is 5.57. The molecule has 0 bridgehead atoms. The summed E-state index contributed by atoms with van der Waals surface area (Å²) in [7, 11) is 0. The molecule has 0 aromatic carbocycles. The fourth-order valence-electron chi connectivity index (χ4n) is 2.02. The summed E-state index contributed by atoms with van der Waals surface area (Å²) in [4.78, 5) is 0. The maximum atomic E-state index is 5.49. The van der Waals surface area contributed by atoms with Crippen molar-refractivity contribution in [3.63, 3.8) is 0 Å². The van der Waals surface area contributed by atoms with Gasteiger partial charge in [-0.2, -0.15) is 0 Å². The lowest BCUT2D eigenvalue weighted by molar-refractivity contribution is -0.00247. The molecule has 0 radical (unpaired) electrons. The monoisotopic (exact) mass is 346 g/mol. The van der Waals surface area contributed by atoms with Crippen molar-refractivity contribution in [2.75, 3.05) is 52.9 Å². The Labute approximate surface area is 150 Å². The zero-order valence-electron chi connectivity index (χ0n) is 16.4. The summed E-state index contributed by atoms with van der Waals surface area (Å²) in [5.41, 5.74) is 0. The van der Waals surface area contributed by atoms with Gasteiger partial charge in [-0.1, -0.05) is 52.4 Å². The molecule has 0 aromatic heterocycles. The first-order valence-electron chi connectivity index (χ1n) is 9.72. The predicted octanol–water partition coefficient (Wildman–Crippen LogP) is 5.02. The number of hydrogen-bond acceptors (Lipinski definition) is 4. The summed E-state index contributed by atoms with van der Waals surface area (Å²) in [5, 5.41) is 0. The van der Waals surface area contributed by atoms with Crippen LogP contribution in [0.5, 0.6) is 0 Å². The topological polar surface area (TPSA) is 36.9 Å². The molecule has 0 fully saturated rings. The van der Waals surface area contributed by atoms with Crippen molar-refractivity contribution in [1.82, 2.24) is 0 Å². The minimum Gasteiger partial charge on any atom is -0.379 e. The van der Waals surface area contributed by atoms with E-state index in [9.17, 15) is 0 Å². The second kappa shape index (κ2) is 27.4. The Kier molecular flexibility index (Phi) is 29.5. The van der Waals surface area contributed by atoms with E-state index in [0.717, 1.165) is 26.1 Å². The van der Waals surface area contributed by atoms with Crippen LogP contribution in [0.2, 0.25) is 0 Å². The average Bonchev–Trinajstić information content (AvgIpc) is 2.62. The molecule has 146 valence electrons. The van der Waals surface area contributed by atoms with Crippen LogP contribution in [0.4, 0.5) is 0 Å². The molecule has 0 heterocycles. The van der Waals surface area contributed by atoms with E-state index < -0.39 is 0 Å². The van der Waals surface area contributed by atoms with E-state index in [0.29, 0.717) is 39.6 Å². The van der Waals surface area contributed by atoms with Gasteiger partial charge in [0, 0.05) is 13.2 Å². The molecule has 0 rings (SSSR count). The first-order chi connectivity index (χ1) is 11.9. The minimum absolute atomic E-state index is 0.635. The van der Waals surface area contributed by atoms with Crippen LogP contribution in [0.15, 0.2) is 13.2 Å². The van der Waals surface area contributed by atoms with Crippen molar-refractivity contribution in [3.8, 4) is 0 Å². The average molecular weight is 347 g/mol. The van der Waals surface area contributed by atoms with Gasteiger partial charge in [0.2, 0.25) is 0 Å². The second-order valence-electron chi connectivity index (χ2n) is 5.57. The standard InChI is InChI=1S/C18H38O4.C2H4/c1-3-5-7-9-11-19-13-15-21-17-18-22-16-14-20-12-10-8-6-4-2;1-2/h3-18H2,1-2H3;1-2H2. The Morgan fingerprint density at radius 1 is 0.417 bits per heavy atom. The summed E-state index contributed by atoms with van der Waals surface area (Å²) >= 11 is 0. The van der Waals surface area contributed by atoms with Crippen LogP contribution >= 0.6 is 0 Å². The van der Waals surface area contributed by atoms with Crippen LogP contribution in [-0.2, 0) is 18.9 Å². The van der Waals surface area contributed by atoms with E-state index in [4.69, 9.17) is 18.9 Å². The molecule has 4 nitrogen and oxygen atoms in total. The quantitative estimate of drug-likeness (QED) is 0.243. The van der Waals surface area contributed by atoms with Gasteiger partial charge >= 0.3 is 0 Å². The summed E-state index contributed by atoms with van der Waals surface area (Å²) in [6.45, 7) is 16.1. The largest absolute Gasteiger partial charge is 0.379 e. The molecule has 0 saturated heterocycles. The van der Waals surface area contributed by atoms with Crippen molar-refractivity contribution < 1.29 is 18.9 Å². The molecule has 0 N–H and O–H groups in total. The van der Waals surface area contributed by atoms with Crippen molar-refractivity contribution in [2.45, 2.75) is 65.2 Å². The Morgan fingerprint density at radius 2 is 0.708 bits per heavy atom. The Bertz CT molecular complexity index is 180. The van der Waals surface area contributed by atoms with Crippen molar-refractivity contribution >= 4 is 0 Å². The lowest BCUT2D eigenvalue weighted by Gasteiger charge is -2.07. The van der Waals surface area contributed by atoms with Crippen LogP contribution < -0.4 is 0 Å². The van der Waals surface area contributed by atoms with Gasteiger partial charge in [-0.3, -0.25) is 0 Å². The maximum Gasteiger partial charge on any atom is 0.0701 e. The van der Waals surface area contributed by atoms with Crippen LogP contribution in [0.1, 0.15) is 65.2 Å². The van der Waals surface area contributed by atoms with E-state index in [2.05, 4.69) is 27.0 Å². The van der Waals surface area contributed by atoms with Gasteiger partial charge in [-0.05, 0) is 12.8 Å². The number of ether oxygens (including phenoxy) is 4. The van der Waals surface area contributed by atoms with Gasteiger partial charge in [0.15, 0.2) is 0 Å². The Morgan fingerprint density at radius 3 is 1.00 bits per heavy atom. The molecule has 0 saturated carbocycles. The highest BCUT2D eigenvalue weighted by Gasteiger charge is 1.93. The molecule has 0 aliphatic rings. The van der Waals surface area contributed by atoms with Crippen molar-refractivity contribution in [1.29, 1.82) is 0 Å². The molecular formula is C20H42O4. The molecule has 0 aliphatic heterocycles. The molecule has 0 aliphatic carbocycles. The smallest absolute Gasteiger partial charge is 0.0701 e. The van der Waals surface area contributed by atoms with E-state index in [1.165, 1.54) is 38.5 Å². The third-order valence-corrected chi connectivity index (χ3v) is 3.40. The number of unbranched alkanes of at least 4 members (excludes halogenated alkanes) is 6. The Balaban J connectivity index is 0. The predicted molar refractivity (Wildman–Crippen MR) is 103 cm³/mol. The zero-order chi connectivity index (χ0) is 18.1. The molecule has 24 heavy (non-hydrogen) atoms. The van der Waals surface area contributed by atoms with E-state index in [1.807, 2.05) is 0 Å². The SMILES string of the molecule is C=C.CCCCCCOCCOCCOCCOCCCCCC. The lowest BCUT2D eigenvalue weighted by atomic mass is 10.2. The van der Waals surface area contributed by atoms with Gasteiger partial charge in [-0.25, -0.2) is 0 Å². The van der Waals surface area contributed by atoms with Gasteiger partial charge in [0.05, 0.1) is 39.6 Å². The maximum absolute atomic E-state index is 5.49. The fraction of sp³-hybridized carbons (Fsp3) is 0.900. The third kappa shape index (κ3) is 26.5. The molecule has 0 aromatic rings. The van der Waals surface area contributed by atoms with Crippen LogP contribution in [0.25, 0.3) is 0 Å². The zero-order valence-corrected chi connectivity index (χ0v) is 16.4. The van der Waals surface area contributed by atoms with E-state index in [1.54, 1.807) is 0 Å². The van der Waals surface area contributed by atoms with Crippen LogP contribution in [0.3, 0.4) is 0 Å². The molecule has 0 spiro atoms. The number of rotatable bonds is 19. The van der Waals surface area contributed by atoms with Gasteiger partial charge in [0.25, 0.3) is 0 Å². The molecule has 0 amide bonds. The Hall–Kier alpha value is -0.420. The molecular weight excluding hydrogens is 304 g/mol. The normalized spacial score (nSPS) is 10.4. The molecule has 0 unspecified atom stereocenters.